The van der Waals surface area contributed by atoms with Crippen LogP contribution in [0.1, 0.15) is 48.0 Å². The Morgan fingerprint density at radius 2 is 1.86 bits per heavy atom. The molecule has 1 saturated heterocycles. The maximum Gasteiger partial charge on any atom is 0.141 e. The van der Waals surface area contributed by atoms with Crippen LogP contribution in [0.3, 0.4) is 0 Å². The molecule has 3 N–H and O–H groups in total. The Labute approximate surface area is 203 Å². The third-order valence-corrected chi connectivity index (χ3v) is 7.29. The van der Waals surface area contributed by atoms with Crippen molar-refractivity contribution in [3.8, 4) is 16.9 Å². The number of hydrogen-bond donors (Lipinski definition) is 3. The minimum atomic E-state index is 0.118. The van der Waals surface area contributed by atoms with Gasteiger partial charge in [-0.2, -0.15) is 0 Å². The largest absolute Gasteiger partial charge is 0.496 e. The second kappa shape index (κ2) is 8.52. The van der Waals surface area contributed by atoms with Gasteiger partial charge in [-0.25, -0.2) is 5.43 Å². The Balaban J connectivity index is 1.58. The van der Waals surface area contributed by atoms with Gasteiger partial charge in [0, 0.05) is 45.5 Å². The molecule has 0 radical (unpaired) electrons. The minimum Gasteiger partial charge on any atom is -0.496 e. The number of aromatic nitrogens is 3. The van der Waals surface area contributed by atoms with Crippen LogP contribution in [0, 0.1) is 13.8 Å². The number of rotatable bonds is 5. The van der Waals surface area contributed by atoms with Gasteiger partial charge in [0.25, 0.3) is 0 Å². The van der Waals surface area contributed by atoms with Crippen molar-refractivity contribution in [3.63, 3.8) is 0 Å². The van der Waals surface area contributed by atoms with Crippen LogP contribution in [0.4, 0.5) is 0 Å². The fourth-order valence-corrected chi connectivity index (χ4v) is 5.65. The molecule has 7 nitrogen and oxygen atoms in total. The van der Waals surface area contributed by atoms with E-state index in [4.69, 9.17) is 14.2 Å². The lowest BCUT2D eigenvalue weighted by atomic mass is 9.84. The molecule has 2 aromatic carbocycles. The molecule has 0 amide bonds. The van der Waals surface area contributed by atoms with E-state index in [1.165, 1.54) is 5.56 Å². The molecule has 35 heavy (non-hydrogen) atoms. The second-order valence-electron chi connectivity index (χ2n) is 9.26. The maximum absolute atomic E-state index is 5.88. The first kappa shape index (κ1) is 21.8. The van der Waals surface area contributed by atoms with Gasteiger partial charge in [0.15, 0.2) is 0 Å². The molecule has 0 bridgehead atoms. The molecule has 1 aliphatic heterocycles. The normalized spacial score (nSPS) is 20.2. The Hall–Kier alpha value is -3.68. The van der Waals surface area contributed by atoms with E-state index >= 15 is 0 Å². The van der Waals surface area contributed by atoms with Crippen molar-refractivity contribution in [3.05, 3.63) is 77.4 Å². The lowest BCUT2D eigenvalue weighted by molar-refractivity contribution is 0.393. The average molecular weight is 468 g/mol. The van der Waals surface area contributed by atoms with Crippen LogP contribution in [0.15, 0.2) is 59.3 Å². The molecule has 1 aliphatic rings. The number of hydrogen-bond acceptors (Lipinski definition) is 6. The summed E-state index contributed by atoms with van der Waals surface area (Å²) in [7, 11) is 1.71. The van der Waals surface area contributed by atoms with Crippen molar-refractivity contribution >= 4 is 21.8 Å². The van der Waals surface area contributed by atoms with E-state index in [2.05, 4.69) is 76.4 Å². The molecule has 0 saturated carbocycles. The van der Waals surface area contributed by atoms with Gasteiger partial charge in [-0.05, 0) is 44.0 Å². The standard InChI is InChI=1S/C28H29N5O2/c1-5-20-26(27(32-31-20)17-9-7-6-8-10-17)28-25-18-14-23(34-4)19(24-15(2)33-35-16(24)3)13-22(18)30-21(25)11-12-29-28/h6-14,20,26-27,30-32H,5H2,1-4H3. The second-order valence-corrected chi connectivity index (χ2v) is 9.26. The fraction of sp³-hybridized carbons (Fsp3) is 0.286. The highest BCUT2D eigenvalue weighted by atomic mass is 16.5. The number of methoxy groups -OCH3 is 1. The summed E-state index contributed by atoms with van der Waals surface area (Å²) < 4.78 is 11.3. The molecule has 0 aliphatic carbocycles. The van der Waals surface area contributed by atoms with Gasteiger partial charge in [-0.3, -0.25) is 10.4 Å². The molecule has 3 unspecified atom stereocenters. The first-order valence-corrected chi connectivity index (χ1v) is 12.1. The summed E-state index contributed by atoms with van der Waals surface area (Å²) >= 11 is 0. The van der Waals surface area contributed by atoms with E-state index in [0.29, 0.717) is 0 Å². The monoisotopic (exact) mass is 467 g/mol. The number of H-pyrrole nitrogens is 1. The van der Waals surface area contributed by atoms with Crippen molar-refractivity contribution in [2.24, 2.45) is 0 Å². The van der Waals surface area contributed by atoms with Gasteiger partial charge in [-0.15, -0.1) is 0 Å². The maximum atomic E-state index is 5.88. The molecule has 6 rings (SSSR count). The number of pyridine rings is 1. The molecule has 0 spiro atoms. The van der Waals surface area contributed by atoms with Crippen molar-refractivity contribution in [1.29, 1.82) is 0 Å². The molecular weight excluding hydrogens is 438 g/mol. The van der Waals surface area contributed by atoms with E-state index in [0.717, 1.165) is 62.3 Å². The quantitative estimate of drug-likeness (QED) is 0.307. The summed E-state index contributed by atoms with van der Waals surface area (Å²) in [6, 6.07) is 17.3. The van der Waals surface area contributed by atoms with E-state index in [1.807, 2.05) is 20.0 Å². The molecule has 5 aromatic rings. The van der Waals surface area contributed by atoms with E-state index < -0.39 is 0 Å². The average Bonchev–Trinajstić information content (AvgIpc) is 3.57. The van der Waals surface area contributed by atoms with E-state index in [-0.39, 0.29) is 18.0 Å². The zero-order valence-corrected chi connectivity index (χ0v) is 20.3. The van der Waals surface area contributed by atoms with Crippen molar-refractivity contribution in [1.82, 2.24) is 26.0 Å². The third-order valence-electron chi connectivity index (χ3n) is 7.29. The number of fused-ring (bicyclic) bond motifs is 3. The summed E-state index contributed by atoms with van der Waals surface area (Å²) in [4.78, 5) is 8.61. The summed E-state index contributed by atoms with van der Waals surface area (Å²) in [5, 5.41) is 6.39. The zero-order chi connectivity index (χ0) is 24.1. The number of aromatic amines is 1. The van der Waals surface area contributed by atoms with E-state index in [1.54, 1.807) is 7.11 Å². The predicted molar refractivity (Wildman–Crippen MR) is 137 cm³/mol. The van der Waals surface area contributed by atoms with Gasteiger partial charge < -0.3 is 14.2 Å². The van der Waals surface area contributed by atoms with Crippen molar-refractivity contribution < 1.29 is 9.26 Å². The Bertz CT molecular complexity index is 1500. The van der Waals surface area contributed by atoms with Crippen LogP contribution in [0.25, 0.3) is 32.9 Å². The van der Waals surface area contributed by atoms with Gasteiger partial charge in [0.05, 0.1) is 30.1 Å². The van der Waals surface area contributed by atoms with Crippen LogP contribution < -0.4 is 15.6 Å². The number of benzene rings is 2. The molecule has 178 valence electrons. The highest BCUT2D eigenvalue weighted by molar-refractivity contribution is 6.10. The first-order valence-electron chi connectivity index (χ1n) is 12.1. The number of hydrazine groups is 1. The van der Waals surface area contributed by atoms with Gasteiger partial charge in [0.2, 0.25) is 0 Å². The van der Waals surface area contributed by atoms with Crippen LogP contribution in [0.2, 0.25) is 0 Å². The van der Waals surface area contributed by atoms with Gasteiger partial charge in [-0.1, -0.05) is 42.4 Å². The molecular formula is C28H29N5O2. The predicted octanol–water partition coefficient (Wildman–Crippen LogP) is 5.71. The minimum absolute atomic E-state index is 0.118. The Morgan fingerprint density at radius 1 is 1.03 bits per heavy atom. The number of nitrogens with one attached hydrogen (secondary N) is 3. The van der Waals surface area contributed by atoms with Gasteiger partial charge >= 0.3 is 0 Å². The van der Waals surface area contributed by atoms with E-state index in [9.17, 15) is 0 Å². The summed E-state index contributed by atoms with van der Waals surface area (Å²) in [6.07, 6.45) is 2.90. The number of ether oxygens (including phenoxy) is 1. The van der Waals surface area contributed by atoms with Crippen molar-refractivity contribution in [2.45, 2.75) is 45.2 Å². The molecule has 4 heterocycles. The van der Waals surface area contributed by atoms with Crippen molar-refractivity contribution in [2.75, 3.05) is 7.11 Å². The highest BCUT2D eigenvalue weighted by Crippen LogP contribution is 2.44. The lowest BCUT2D eigenvalue weighted by Gasteiger charge is -2.23. The number of aryl methyl sites for hydroxylation is 2. The molecule has 3 aromatic heterocycles. The summed E-state index contributed by atoms with van der Waals surface area (Å²) in [5.74, 6) is 1.73. The zero-order valence-electron chi connectivity index (χ0n) is 20.3. The number of nitrogens with zero attached hydrogens (tertiary/aromatic N) is 2. The Kier molecular flexibility index (Phi) is 5.31. The third kappa shape index (κ3) is 3.42. The molecule has 3 atom stereocenters. The summed E-state index contributed by atoms with van der Waals surface area (Å²) in [5.41, 5.74) is 14.3. The van der Waals surface area contributed by atoms with Gasteiger partial charge in [0.1, 0.15) is 11.5 Å². The summed E-state index contributed by atoms with van der Waals surface area (Å²) in [6.45, 7) is 6.10. The molecule has 1 fully saturated rings. The topological polar surface area (TPSA) is 88.0 Å². The first-order chi connectivity index (χ1) is 17.1. The Morgan fingerprint density at radius 3 is 2.57 bits per heavy atom. The van der Waals surface area contributed by atoms with Crippen LogP contribution in [-0.2, 0) is 0 Å². The SMILES string of the molecule is CCC1NNC(c2ccccc2)C1c1nccc2[nH]c3cc(-c4c(C)noc4C)c(OC)cc3c12. The fourth-order valence-electron chi connectivity index (χ4n) is 5.65. The lowest BCUT2D eigenvalue weighted by Crippen LogP contribution is -2.30. The van der Waals surface area contributed by atoms with Crippen LogP contribution >= 0.6 is 0 Å². The highest BCUT2D eigenvalue weighted by Gasteiger charge is 2.39. The van der Waals surface area contributed by atoms with Crippen LogP contribution in [-0.4, -0.2) is 28.3 Å². The molecule has 7 heteroatoms. The van der Waals surface area contributed by atoms with Crippen LogP contribution in [0.5, 0.6) is 5.75 Å². The smallest absolute Gasteiger partial charge is 0.141 e.